The molecule has 1 aliphatic rings. The van der Waals surface area contributed by atoms with Crippen LogP contribution < -0.4 is 5.73 Å². The van der Waals surface area contributed by atoms with E-state index in [1.807, 2.05) is 6.33 Å². The Labute approximate surface area is 101 Å². The van der Waals surface area contributed by atoms with E-state index in [-0.39, 0.29) is 0 Å². The predicted octanol–water partition coefficient (Wildman–Crippen LogP) is 0.954. The van der Waals surface area contributed by atoms with Crippen molar-refractivity contribution in [3.63, 3.8) is 0 Å². The lowest BCUT2D eigenvalue weighted by molar-refractivity contribution is -0.143. The number of fused-ring (bicyclic) bond motifs is 1. The quantitative estimate of drug-likeness (QED) is 0.817. The van der Waals surface area contributed by atoms with E-state index in [1.165, 1.54) is 24.2 Å². The number of rotatable bonds is 4. The Kier molecular flexibility index (Phi) is 3.19. The number of nitrogens with zero attached hydrogens (tertiary/aromatic N) is 2. The summed E-state index contributed by atoms with van der Waals surface area (Å²) in [5, 5.41) is 8.96. The third kappa shape index (κ3) is 2.49. The first-order chi connectivity index (χ1) is 8.00. The molecule has 17 heavy (non-hydrogen) atoms. The molecule has 0 amide bonds. The molecule has 0 bridgehead atoms. The van der Waals surface area contributed by atoms with Crippen molar-refractivity contribution >= 4 is 5.97 Å². The minimum absolute atomic E-state index is 0.422. The molecule has 1 aromatic rings. The van der Waals surface area contributed by atoms with Crippen LogP contribution in [-0.2, 0) is 24.2 Å². The fourth-order valence-corrected chi connectivity index (χ4v) is 2.18. The topological polar surface area (TPSA) is 81.1 Å². The normalized spacial score (nSPS) is 18.5. The molecule has 3 N–H and O–H groups in total. The maximum Gasteiger partial charge on any atom is 0.323 e. The van der Waals surface area contributed by atoms with Crippen molar-refractivity contribution in [2.24, 2.45) is 5.73 Å². The highest BCUT2D eigenvalue weighted by molar-refractivity contribution is 5.77. The smallest absolute Gasteiger partial charge is 0.323 e. The van der Waals surface area contributed by atoms with Gasteiger partial charge in [-0.25, -0.2) is 4.98 Å². The van der Waals surface area contributed by atoms with Gasteiger partial charge in [-0.15, -0.1) is 0 Å². The second kappa shape index (κ2) is 4.49. The molecular formula is C12H19N3O2. The number of aromatic nitrogens is 2. The number of hydrogen-bond acceptors (Lipinski definition) is 3. The molecule has 0 aromatic carbocycles. The maximum atomic E-state index is 10.9. The summed E-state index contributed by atoms with van der Waals surface area (Å²) in [6.45, 7) is 2.18. The van der Waals surface area contributed by atoms with Gasteiger partial charge < -0.3 is 15.4 Å². The van der Waals surface area contributed by atoms with Gasteiger partial charge in [0.2, 0.25) is 0 Å². The van der Waals surface area contributed by atoms with E-state index in [1.54, 1.807) is 6.92 Å². The van der Waals surface area contributed by atoms with Crippen LogP contribution in [0.2, 0.25) is 0 Å². The number of carboxylic acids is 1. The molecule has 0 spiro atoms. The standard InChI is InChI=1S/C12H19N3O2/c1-12(13,11(16)17)6-7-15-8-14-9-4-2-3-5-10(9)15/h8H,2-7,13H2,1H3,(H,16,17). The number of carboxylic acid groups (broad SMARTS) is 1. The lowest BCUT2D eigenvalue weighted by atomic mass is 9.98. The summed E-state index contributed by atoms with van der Waals surface area (Å²) < 4.78 is 2.06. The zero-order valence-electron chi connectivity index (χ0n) is 10.1. The van der Waals surface area contributed by atoms with Gasteiger partial charge in [0.25, 0.3) is 0 Å². The first kappa shape index (κ1) is 12.1. The van der Waals surface area contributed by atoms with Crippen LogP contribution in [0.15, 0.2) is 6.33 Å². The molecule has 1 unspecified atom stereocenters. The van der Waals surface area contributed by atoms with Crippen LogP contribution in [0, 0.1) is 0 Å². The van der Waals surface area contributed by atoms with Gasteiger partial charge in [0.05, 0.1) is 12.0 Å². The van der Waals surface area contributed by atoms with Crippen molar-refractivity contribution < 1.29 is 9.90 Å². The van der Waals surface area contributed by atoms with Crippen LogP contribution in [-0.4, -0.2) is 26.2 Å². The van der Waals surface area contributed by atoms with E-state index in [2.05, 4.69) is 9.55 Å². The largest absolute Gasteiger partial charge is 0.480 e. The van der Waals surface area contributed by atoms with Crippen LogP contribution in [0.25, 0.3) is 0 Å². The summed E-state index contributed by atoms with van der Waals surface area (Å²) in [6, 6.07) is 0. The summed E-state index contributed by atoms with van der Waals surface area (Å²) in [7, 11) is 0. The second-order valence-electron chi connectivity index (χ2n) is 5.01. The van der Waals surface area contributed by atoms with Gasteiger partial charge in [-0.05, 0) is 39.0 Å². The highest BCUT2D eigenvalue weighted by Crippen LogP contribution is 2.20. The Morgan fingerprint density at radius 1 is 1.59 bits per heavy atom. The van der Waals surface area contributed by atoms with Gasteiger partial charge in [-0.3, -0.25) is 4.79 Å². The van der Waals surface area contributed by atoms with E-state index in [4.69, 9.17) is 10.8 Å². The number of aryl methyl sites for hydroxylation is 2. The summed E-state index contributed by atoms with van der Waals surface area (Å²) in [4.78, 5) is 15.3. The van der Waals surface area contributed by atoms with Crippen molar-refractivity contribution in [2.45, 2.75) is 51.1 Å². The van der Waals surface area contributed by atoms with E-state index >= 15 is 0 Å². The van der Waals surface area contributed by atoms with Gasteiger partial charge >= 0.3 is 5.97 Å². The number of nitrogens with two attached hydrogens (primary N) is 1. The fourth-order valence-electron chi connectivity index (χ4n) is 2.18. The Morgan fingerprint density at radius 3 is 3.00 bits per heavy atom. The van der Waals surface area contributed by atoms with Crippen LogP contribution in [0.5, 0.6) is 0 Å². The highest BCUT2D eigenvalue weighted by Gasteiger charge is 2.28. The molecule has 0 saturated heterocycles. The van der Waals surface area contributed by atoms with E-state index in [0.717, 1.165) is 12.8 Å². The van der Waals surface area contributed by atoms with Gasteiger partial charge in [0, 0.05) is 12.2 Å². The molecule has 1 heterocycles. The molecule has 0 aliphatic heterocycles. The molecule has 0 fully saturated rings. The van der Waals surface area contributed by atoms with E-state index < -0.39 is 11.5 Å². The molecule has 0 radical (unpaired) electrons. The average Bonchev–Trinajstić information content (AvgIpc) is 2.69. The van der Waals surface area contributed by atoms with Crippen molar-refractivity contribution in [3.05, 3.63) is 17.7 Å². The number of hydrogen-bond donors (Lipinski definition) is 2. The summed E-state index contributed by atoms with van der Waals surface area (Å²) in [5.74, 6) is -0.952. The highest BCUT2D eigenvalue weighted by atomic mass is 16.4. The average molecular weight is 237 g/mol. The number of aliphatic carboxylic acids is 1. The van der Waals surface area contributed by atoms with Crippen molar-refractivity contribution in [2.75, 3.05) is 0 Å². The molecule has 1 atom stereocenters. The number of imidazole rings is 1. The van der Waals surface area contributed by atoms with E-state index in [0.29, 0.717) is 13.0 Å². The minimum Gasteiger partial charge on any atom is -0.480 e. The van der Waals surface area contributed by atoms with Crippen LogP contribution >= 0.6 is 0 Å². The van der Waals surface area contributed by atoms with Crippen molar-refractivity contribution in [1.82, 2.24) is 9.55 Å². The first-order valence-corrected chi connectivity index (χ1v) is 6.06. The van der Waals surface area contributed by atoms with Gasteiger partial charge in [0.15, 0.2) is 0 Å². The Morgan fingerprint density at radius 2 is 2.29 bits per heavy atom. The third-order valence-electron chi connectivity index (χ3n) is 3.47. The van der Waals surface area contributed by atoms with Gasteiger partial charge in [-0.1, -0.05) is 0 Å². The fraction of sp³-hybridized carbons (Fsp3) is 0.667. The van der Waals surface area contributed by atoms with Gasteiger partial charge in [0.1, 0.15) is 5.54 Å². The third-order valence-corrected chi connectivity index (χ3v) is 3.47. The van der Waals surface area contributed by atoms with Crippen molar-refractivity contribution in [3.8, 4) is 0 Å². The lowest BCUT2D eigenvalue weighted by Crippen LogP contribution is -2.45. The molecule has 1 aliphatic carbocycles. The molecule has 5 heteroatoms. The summed E-state index contributed by atoms with van der Waals surface area (Å²) >= 11 is 0. The monoisotopic (exact) mass is 237 g/mol. The van der Waals surface area contributed by atoms with Crippen LogP contribution in [0.3, 0.4) is 0 Å². The second-order valence-corrected chi connectivity index (χ2v) is 5.01. The zero-order valence-corrected chi connectivity index (χ0v) is 10.1. The van der Waals surface area contributed by atoms with Crippen molar-refractivity contribution in [1.29, 1.82) is 0 Å². The SMILES string of the molecule is CC(N)(CCn1cnc2c1CCCC2)C(=O)O. The molecule has 94 valence electrons. The van der Waals surface area contributed by atoms with Crippen LogP contribution in [0.4, 0.5) is 0 Å². The van der Waals surface area contributed by atoms with Crippen LogP contribution in [0.1, 0.15) is 37.6 Å². The van der Waals surface area contributed by atoms with Gasteiger partial charge in [-0.2, -0.15) is 0 Å². The number of carbonyl (C=O) groups is 1. The Bertz CT molecular complexity index is 423. The predicted molar refractivity (Wildman–Crippen MR) is 63.7 cm³/mol. The molecule has 1 aromatic heterocycles. The lowest BCUT2D eigenvalue weighted by Gasteiger charge is -2.20. The first-order valence-electron chi connectivity index (χ1n) is 6.06. The van der Waals surface area contributed by atoms with E-state index in [9.17, 15) is 4.79 Å². The molecule has 2 rings (SSSR count). The summed E-state index contributed by atoms with van der Waals surface area (Å²) in [6.07, 6.45) is 6.72. The Balaban J connectivity index is 2.05. The minimum atomic E-state index is -1.16. The maximum absolute atomic E-state index is 10.9. The molecule has 0 saturated carbocycles. The molecular weight excluding hydrogens is 218 g/mol. The Hall–Kier alpha value is -1.36. The molecule has 5 nitrogen and oxygen atoms in total. The zero-order chi connectivity index (χ0) is 12.5. The summed E-state index contributed by atoms with van der Waals surface area (Å²) in [5.41, 5.74) is 6.99.